The van der Waals surface area contributed by atoms with Crippen molar-refractivity contribution in [2.45, 2.75) is 70.5 Å². The summed E-state index contributed by atoms with van der Waals surface area (Å²) in [6.07, 6.45) is 6.45. The van der Waals surface area contributed by atoms with E-state index >= 15 is 0 Å². The van der Waals surface area contributed by atoms with E-state index in [9.17, 15) is 9.59 Å². The van der Waals surface area contributed by atoms with Crippen molar-refractivity contribution in [1.82, 2.24) is 10.6 Å². The number of hydrogen-bond donors (Lipinski definition) is 3. The van der Waals surface area contributed by atoms with Gasteiger partial charge in [0.2, 0.25) is 0 Å². The van der Waals surface area contributed by atoms with Gasteiger partial charge in [0.05, 0.1) is 0 Å². The molecule has 0 heterocycles. The van der Waals surface area contributed by atoms with E-state index in [-0.39, 0.29) is 30.1 Å². The van der Waals surface area contributed by atoms with Crippen LogP contribution >= 0.6 is 15.9 Å². The van der Waals surface area contributed by atoms with E-state index < -0.39 is 0 Å². The highest BCUT2D eigenvalue weighted by Gasteiger charge is 2.24. The molecule has 138 valence electrons. The third kappa shape index (κ3) is 6.44. The van der Waals surface area contributed by atoms with E-state index in [0.29, 0.717) is 0 Å². The Labute approximate surface area is 158 Å². The smallest absolute Gasteiger partial charge is 0.321 e. The lowest BCUT2D eigenvalue weighted by atomic mass is 9.96. The van der Waals surface area contributed by atoms with Crippen molar-refractivity contribution in [2.75, 3.05) is 0 Å². The van der Waals surface area contributed by atoms with E-state index in [4.69, 9.17) is 0 Å². The Hall–Kier alpha value is -1.40. The number of carbonyl (C=O) groups is 2. The fraction of sp³-hybridized carbons (Fsp3) is 0.579. The third-order valence-corrected chi connectivity index (χ3v) is 5.38. The molecule has 0 unspecified atom stereocenters. The summed E-state index contributed by atoms with van der Waals surface area (Å²) in [6, 6.07) is 7.84. The zero-order valence-electron chi connectivity index (χ0n) is 15.1. The van der Waals surface area contributed by atoms with Gasteiger partial charge in [-0.25, -0.2) is 4.79 Å². The van der Waals surface area contributed by atoms with Crippen molar-refractivity contribution >= 4 is 27.9 Å². The number of amides is 3. The number of halogens is 1. The summed E-state index contributed by atoms with van der Waals surface area (Å²) >= 11 is 3.44. The molecule has 0 bridgehead atoms. The zero-order valence-corrected chi connectivity index (χ0v) is 16.6. The van der Waals surface area contributed by atoms with Crippen LogP contribution in [0.2, 0.25) is 0 Å². The van der Waals surface area contributed by atoms with Gasteiger partial charge >= 0.3 is 6.03 Å². The average molecular weight is 411 g/mol. The van der Waals surface area contributed by atoms with Crippen molar-refractivity contribution in [2.24, 2.45) is 0 Å². The molecule has 3 amide bonds. The molecule has 5 nitrogen and oxygen atoms in total. The quantitative estimate of drug-likeness (QED) is 0.673. The van der Waals surface area contributed by atoms with E-state index in [1.165, 1.54) is 12.0 Å². The van der Waals surface area contributed by atoms with Gasteiger partial charge in [-0.2, -0.15) is 0 Å². The van der Waals surface area contributed by atoms with E-state index in [2.05, 4.69) is 45.6 Å². The first-order valence-corrected chi connectivity index (χ1v) is 10.0. The van der Waals surface area contributed by atoms with Gasteiger partial charge in [-0.1, -0.05) is 54.2 Å². The lowest BCUT2D eigenvalue weighted by Gasteiger charge is -2.23. The molecular formula is C19H29BrN3O2+. The number of nitrogens with two attached hydrogens (primary N) is 1. The van der Waals surface area contributed by atoms with Crippen LogP contribution in [0.5, 0.6) is 0 Å². The van der Waals surface area contributed by atoms with E-state index in [1.54, 1.807) is 0 Å². The van der Waals surface area contributed by atoms with E-state index in [0.717, 1.165) is 36.6 Å². The molecule has 1 aliphatic rings. The predicted molar refractivity (Wildman–Crippen MR) is 102 cm³/mol. The van der Waals surface area contributed by atoms with Crippen LogP contribution in [0.4, 0.5) is 4.79 Å². The molecular weight excluding hydrogens is 382 g/mol. The van der Waals surface area contributed by atoms with Gasteiger partial charge in [-0.15, -0.1) is 0 Å². The largest absolute Gasteiger partial charge is 0.335 e. The van der Waals surface area contributed by atoms with Crippen molar-refractivity contribution in [1.29, 1.82) is 0 Å². The Balaban J connectivity index is 1.83. The number of hydrogen-bond acceptors (Lipinski definition) is 2. The Morgan fingerprint density at radius 2 is 1.84 bits per heavy atom. The maximum atomic E-state index is 12.3. The summed E-state index contributed by atoms with van der Waals surface area (Å²) in [5.74, 6) is -0.246. The van der Waals surface area contributed by atoms with Crippen LogP contribution in [0, 0.1) is 0 Å². The second-order valence-electron chi connectivity index (χ2n) is 6.85. The number of benzene rings is 1. The van der Waals surface area contributed by atoms with Gasteiger partial charge in [0, 0.05) is 22.5 Å². The standard InChI is InChI=1S/C19H28BrN3O2/c1-3-17(14-9-11-15(20)12-10-14)21-13(2)18(24)23-19(25)22-16-7-5-4-6-8-16/h9-13,16-17,21H,3-8H2,1-2H3,(H2,22,23,24,25)/p+1/t13-,17+/m1/s1. The average Bonchev–Trinajstić information content (AvgIpc) is 2.61. The maximum absolute atomic E-state index is 12.3. The summed E-state index contributed by atoms with van der Waals surface area (Å²) in [7, 11) is 0. The molecule has 6 heteroatoms. The van der Waals surface area contributed by atoms with Crippen molar-refractivity contribution in [3.8, 4) is 0 Å². The lowest BCUT2D eigenvalue weighted by molar-refractivity contribution is -0.713. The van der Waals surface area contributed by atoms with Crippen molar-refractivity contribution in [3.63, 3.8) is 0 Å². The molecule has 2 atom stereocenters. The second kappa shape index (κ2) is 9.92. The molecule has 1 saturated carbocycles. The Morgan fingerprint density at radius 1 is 1.20 bits per heavy atom. The number of rotatable bonds is 6. The fourth-order valence-corrected chi connectivity index (χ4v) is 3.59. The summed E-state index contributed by atoms with van der Waals surface area (Å²) in [4.78, 5) is 24.3. The van der Waals surface area contributed by atoms with Gasteiger partial charge in [0.25, 0.3) is 5.91 Å². The fourth-order valence-electron chi connectivity index (χ4n) is 3.32. The molecule has 0 aliphatic heterocycles. The molecule has 25 heavy (non-hydrogen) atoms. The Kier molecular flexibility index (Phi) is 7.90. The van der Waals surface area contributed by atoms with Crippen LogP contribution < -0.4 is 16.0 Å². The molecule has 4 N–H and O–H groups in total. The summed E-state index contributed by atoms with van der Waals surface area (Å²) in [5, 5.41) is 7.43. The molecule has 1 aliphatic carbocycles. The number of urea groups is 1. The highest BCUT2D eigenvalue weighted by molar-refractivity contribution is 9.10. The third-order valence-electron chi connectivity index (χ3n) is 4.85. The van der Waals surface area contributed by atoms with Gasteiger partial charge in [0.1, 0.15) is 6.04 Å². The van der Waals surface area contributed by atoms with Gasteiger partial charge < -0.3 is 10.6 Å². The summed E-state index contributed by atoms with van der Waals surface area (Å²) < 4.78 is 1.04. The normalized spacial score (nSPS) is 17.6. The van der Waals surface area contributed by atoms with Crippen molar-refractivity contribution in [3.05, 3.63) is 34.3 Å². The van der Waals surface area contributed by atoms with Crippen LogP contribution in [0.25, 0.3) is 0 Å². The number of carbonyl (C=O) groups excluding carboxylic acids is 2. The molecule has 1 aromatic carbocycles. The molecule has 1 aromatic rings. The predicted octanol–water partition coefficient (Wildman–Crippen LogP) is 3.01. The minimum absolute atomic E-state index is 0.190. The van der Waals surface area contributed by atoms with Crippen LogP contribution in [-0.4, -0.2) is 24.0 Å². The van der Waals surface area contributed by atoms with Crippen LogP contribution in [-0.2, 0) is 4.79 Å². The summed E-state index contributed by atoms with van der Waals surface area (Å²) in [5.41, 5.74) is 1.18. The highest BCUT2D eigenvalue weighted by atomic mass is 79.9. The van der Waals surface area contributed by atoms with E-state index in [1.807, 2.05) is 24.4 Å². The number of imide groups is 1. The molecule has 0 spiro atoms. The SMILES string of the molecule is CC[C@H]([NH2+][C@H](C)C(=O)NC(=O)NC1CCCCC1)c1ccc(Br)cc1. The molecule has 0 aromatic heterocycles. The highest BCUT2D eigenvalue weighted by Crippen LogP contribution is 2.17. The Bertz CT molecular complexity index is 571. The zero-order chi connectivity index (χ0) is 18.2. The van der Waals surface area contributed by atoms with Gasteiger partial charge in [0.15, 0.2) is 6.04 Å². The molecule has 0 saturated heterocycles. The van der Waals surface area contributed by atoms with Crippen molar-refractivity contribution < 1.29 is 14.9 Å². The molecule has 2 rings (SSSR count). The minimum atomic E-state index is -0.367. The molecule has 0 radical (unpaired) electrons. The number of quaternary nitrogens is 1. The van der Waals surface area contributed by atoms with Gasteiger partial charge in [-0.05, 0) is 31.9 Å². The monoisotopic (exact) mass is 410 g/mol. The first-order chi connectivity index (χ1) is 12.0. The van der Waals surface area contributed by atoms with Crippen LogP contribution in [0.15, 0.2) is 28.7 Å². The minimum Gasteiger partial charge on any atom is -0.335 e. The maximum Gasteiger partial charge on any atom is 0.321 e. The van der Waals surface area contributed by atoms with Crippen LogP contribution in [0.3, 0.4) is 0 Å². The van der Waals surface area contributed by atoms with Crippen LogP contribution in [0.1, 0.15) is 64.0 Å². The first kappa shape index (κ1) is 19.9. The number of nitrogens with one attached hydrogen (secondary N) is 2. The molecule has 1 fully saturated rings. The second-order valence-corrected chi connectivity index (χ2v) is 7.76. The summed E-state index contributed by atoms with van der Waals surface area (Å²) in [6.45, 7) is 3.94. The lowest BCUT2D eigenvalue weighted by Crippen LogP contribution is -2.92. The first-order valence-electron chi connectivity index (χ1n) is 9.21. The topological polar surface area (TPSA) is 74.8 Å². The van der Waals surface area contributed by atoms with Gasteiger partial charge in [-0.3, -0.25) is 10.1 Å². The Morgan fingerprint density at radius 3 is 2.44 bits per heavy atom.